The van der Waals surface area contributed by atoms with E-state index in [0.717, 1.165) is 18.9 Å². The predicted octanol–water partition coefficient (Wildman–Crippen LogP) is 2.59. The Hall–Kier alpha value is -1.22. The normalized spacial score (nSPS) is 21.2. The summed E-state index contributed by atoms with van der Waals surface area (Å²) < 4.78 is 5.43. The van der Waals surface area contributed by atoms with Gasteiger partial charge in [-0.1, -0.05) is 0 Å². The van der Waals surface area contributed by atoms with Crippen molar-refractivity contribution in [3.63, 3.8) is 0 Å². The Balaban J connectivity index is 1.89. The molecule has 1 aliphatic heterocycles. The average Bonchev–Trinajstić information content (AvgIpc) is 2.32. The van der Waals surface area contributed by atoms with Crippen LogP contribution in [0.25, 0.3) is 0 Å². The Morgan fingerprint density at radius 3 is 2.76 bits per heavy atom. The van der Waals surface area contributed by atoms with Crippen LogP contribution in [0.2, 0.25) is 0 Å². The maximum Gasteiger partial charge on any atom is 0.119 e. The molecule has 3 nitrogen and oxygen atoms in total. The SMILES string of the molecule is CCOc1ccc(NC2CCCN(C)C2)cc1. The Bertz CT molecular complexity index is 337. The Morgan fingerprint density at radius 2 is 2.12 bits per heavy atom. The van der Waals surface area contributed by atoms with Crippen LogP contribution in [0.15, 0.2) is 24.3 Å². The summed E-state index contributed by atoms with van der Waals surface area (Å²) in [4.78, 5) is 2.38. The number of hydrogen-bond acceptors (Lipinski definition) is 3. The van der Waals surface area contributed by atoms with Gasteiger partial charge in [0.1, 0.15) is 5.75 Å². The summed E-state index contributed by atoms with van der Waals surface area (Å²) in [6, 6.07) is 8.82. The van der Waals surface area contributed by atoms with Crippen LogP contribution in [0.1, 0.15) is 19.8 Å². The second kappa shape index (κ2) is 5.92. The third-order valence-corrected chi connectivity index (χ3v) is 3.16. The third kappa shape index (κ3) is 3.63. The van der Waals surface area contributed by atoms with Gasteiger partial charge in [0.25, 0.3) is 0 Å². The standard InChI is InChI=1S/C14H22N2O/c1-3-17-14-8-6-12(7-9-14)15-13-5-4-10-16(2)11-13/h6-9,13,15H,3-5,10-11H2,1-2H3. The molecule has 94 valence electrons. The number of likely N-dealkylation sites (tertiary alicyclic amines) is 1. The second-order valence-electron chi connectivity index (χ2n) is 4.70. The molecule has 1 N–H and O–H groups in total. The maximum atomic E-state index is 5.43. The lowest BCUT2D eigenvalue weighted by molar-refractivity contribution is 0.261. The zero-order valence-electron chi connectivity index (χ0n) is 10.8. The summed E-state index contributed by atoms with van der Waals surface area (Å²) in [6.07, 6.45) is 2.54. The molecule has 17 heavy (non-hydrogen) atoms. The number of nitrogens with zero attached hydrogens (tertiary/aromatic N) is 1. The molecule has 1 unspecified atom stereocenters. The number of rotatable bonds is 4. The van der Waals surface area contributed by atoms with Gasteiger partial charge in [0.2, 0.25) is 0 Å². The van der Waals surface area contributed by atoms with Gasteiger partial charge in [-0.3, -0.25) is 0 Å². The number of likely N-dealkylation sites (N-methyl/N-ethyl adjacent to an activating group) is 1. The van der Waals surface area contributed by atoms with E-state index in [1.165, 1.54) is 25.1 Å². The summed E-state index contributed by atoms with van der Waals surface area (Å²) >= 11 is 0. The number of ether oxygens (including phenoxy) is 1. The van der Waals surface area contributed by atoms with E-state index in [0.29, 0.717) is 6.04 Å². The quantitative estimate of drug-likeness (QED) is 0.866. The highest BCUT2D eigenvalue weighted by Crippen LogP contribution is 2.18. The van der Waals surface area contributed by atoms with Crippen molar-refractivity contribution in [2.75, 3.05) is 32.1 Å². The van der Waals surface area contributed by atoms with Crippen LogP contribution in [-0.4, -0.2) is 37.7 Å². The van der Waals surface area contributed by atoms with Crippen LogP contribution < -0.4 is 10.1 Å². The minimum absolute atomic E-state index is 0.576. The molecular weight excluding hydrogens is 212 g/mol. The molecule has 1 heterocycles. The molecular formula is C14H22N2O. The Labute approximate surface area is 104 Å². The highest BCUT2D eigenvalue weighted by Gasteiger charge is 2.16. The van der Waals surface area contributed by atoms with Crippen molar-refractivity contribution in [2.24, 2.45) is 0 Å². The molecule has 0 spiro atoms. The zero-order chi connectivity index (χ0) is 12.1. The van der Waals surface area contributed by atoms with Crippen molar-refractivity contribution >= 4 is 5.69 Å². The van der Waals surface area contributed by atoms with Crippen LogP contribution in [0, 0.1) is 0 Å². The number of nitrogens with one attached hydrogen (secondary N) is 1. The number of anilines is 1. The van der Waals surface area contributed by atoms with Crippen molar-refractivity contribution in [2.45, 2.75) is 25.8 Å². The largest absolute Gasteiger partial charge is 0.494 e. The molecule has 1 fully saturated rings. The zero-order valence-corrected chi connectivity index (χ0v) is 10.8. The van der Waals surface area contributed by atoms with Crippen LogP contribution in [0.3, 0.4) is 0 Å². The molecule has 0 aliphatic carbocycles. The molecule has 1 aromatic rings. The highest BCUT2D eigenvalue weighted by molar-refractivity contribution is 5.47. The molecule has 2 rings (SSSR count). The van der Waals surface area contributed by atoms with Crippen molar-refractivity contribution in [3.8, 4) is 5.75 Å². The van der Waals surface area contributed by atoms with Crippen LogP contribution >= 0.6 is 0 Å². The van der Waals surface area contributed by atoms with Gasteiger partial charge in [0.15, 0.2) is 0 Å². The molecule has 0 radical (unpaired) electrons. The third-order valence-electron chi connectivity index (χ3n) is 3.16. The van der Waals surface area contributed by atoms with Gasteiger partial charge in [0, 0.05) is 18.3 Å². The van der Waals surface area contributed by atoms with Crippen molar-refractivity contribution < 1.29 is 4.74 Å². The molecule has 1 aromatic carbocycles. The fourth-order valence-corrected chi connectivity index (χ4v) is 2.33. The number of piperidine rings is 1. The maximum absolute atomic E-state index is 5.43. The van der Waals surface area contributed by atoms with E-state index in [4.69, 9.17) is 4.74 Å². The molecule has 3 heteroatoms. The fraction of sp³-hybridized carbons (Fsp3) is 0.571. The summed E-state index contributed by atoms with van der Waals surface area (Å²) in [7, 11) is 2.19. The van der Waals surface area contributed by atoms with Gasteiger partial charge in [-0.25, -0.2) is 0 Å². The van der Waals surface area contributed by atoms with Gasteiger partial charge >= 0.3 is 0 Å². The summed E-state index contributed by atoms with van der Waals surface area (Å²) in [5.74, 6) is 0.943. The average molecular weight is 234 g/mol. The van der Waals surface area contributed by atoms with E-state index in [-0.39, 0.29) is 0 Å². The first-order valence-corrected chi connectivity index (χ1v) is 6.46. The van der Waals surface area contributed by atoms with Gasteiger partial charge < -0.3 is 15.0 Å². The van der Waals surface area contributed by atoms with E-state index in [1.54, 1.807) is 0 Å². The minimum Gasteiger partial charge on any atom is -0.494 e. The van der Waals surface area contributed by atoms with Crippen molar-refractivity contribution in [1.29, 1.82) is 0 Å². The first-order chi connectivity index (χ1) is 8.28. The topological polar surface area (TPSA) is 24.5 Å². The lowest BCUT2D eigenvalue weighted by Gasteiger charge is -2.30. The van der Waals surface area contributed by atoms with Gasteiger partial charge in [0.05, 0.1) is 6.61 Å². The van der Waals surface area contributed by atoms with E-state index in [2.05, 4.69) is 29.4 Å². The fourth-order valence-electron chi connectivity index (χ4n) is 2.33. The van der Waals surface area contributed by atoms with Crippen molar-refractivity contribution in [3.05, 3.63) is 24.3 Å². The van der Waals surface area contributed by atoms with E-state index in [9.17, 15) is 0 Å². The molecule has 1 atom stereocenters. The lowest BCUT2D eigenvalue weighted by atomic mass is 10.1. The highest BCUT2D eigenvalue weighted by atomic mass is 16.5. The van der Waals surface area contributed by atoms with Gasteiger partial charge in [-0.05, 0) is 57.6 Å². The van der Waals surface area contributed by atoms with Gasteiger partial charge in [-0.15, -0.1) is 0 Å². The van der Waals surface area contributed by atoms with Crippen LogP contribution in [0.4, 0.5) is 5.69 Å². The number of hydrogen-bond donors (Lipinski definition) is 1. The molecule has 1 aliphatic rings. The molecule has 0 bridgehead atoms. The molecule has 1 saturated heterocycles. The molecule has 0 saturated carbocycles. The smallest absolute Gasteiger partial charge is 0.119 e. The van der Waals surface area contributed by atoms with Crippen LogP contribution in [-0.2, 0) is 0 Å². The summed E-state index contributed by atoms with van der Waals surface area (Å²) in [5, 5.41) is 3.58. The van der Waals surface area contributed by atoms with E-state index >= 15 is 0 Å². The first-order valence-electron chi connectivity index (χ1n) is 6.46. The van der Waals surface area contributed by atoms with Crippen LogP contribution in [0.5, 0.6) is 5.75 Å². The Kier molecular flexibility index (Phi) is 4.26. The lowest BCUT2D eigenvalue weighted by Crippen LogP contribution is -2.39. The van der Waals surface area contributed by atoms with Gasteiger partial charge in [-0.2, -0.15) is 0 Å². The summed E-state index contributed by atoms with van der Waals surface area (Å²) in [6.45, 7) is 5.08. The van der Waals surface area contributed by atoms with E-state index < -0.39 is 0 Å². The van der Waals surface area contributed by atoms with Crippen molar-refractivity contribution in [1.82, 2.24) is 4.90 Å². The molecule has 0 aromatic heterocycles. The number of benzene rings is 1. The Morgan fingerprint density at radius 1 is 1.35 bits per heavy atom. The predicted molar refractivity (Wildman–Crippen MR) is 71.8 cm³/mol. The second-order valence-corrected chi connectivity index (χ2v) is 4.70. The minimum atomic E-state index is 0.576. The first kappa shape index (κ1) is 12.2. The monoisotopic (exact) mass is 234 g/mol. The van der Waals surface area contributed by atoms with E-state index in [1.807, 2.05) is 19.1 Å². The summed E-state index contributed by atoms with van der Waals surface area (Å²) in [5.41, 5.74) is 1.19. The molecule has 0 amide bonds.